The second kappa shape index (κ2) is 10.8. The molecule has 0 aliphatic rings. The Balaban J connectivity index is 1.41. The summed E-state index contributed by atoms with van der Waals surface area (Å²) < 4.78 is 0. The third kappa shape index (κ3) is 4.89. The van der Waals surface area contributed by atoms with Crippen LogP contribution in [0.2, 0.25) is 5.15 Å². The van der Waals surface area contributed by atoms with Gasteiger partial charge in [-0.05, 0) is 55.1 Å². The number of benzene rings is 3. The second-order valence-electron chi connectivity index (χ2n) is 9.25. The number of rotatable bonds is 10. The highest BCUT2D eigenvalue weighted by Crippen LogP contribution is 2.32. The van der Waals surface area contributed by atoms with E-state index in [-0.39, 0.29) is 6.04 Å². The maximum Gasteiger partial charge on any atom is 0.134 e. The number of hydrogen-bond donors (Lipinski definition) is 4. The van der Waals surface area contributed by atoms with Gasteiger partial charge in [0.2, 0.25) is 0 Å². The van der Waals surface area contributed by atoms with E-state index in [0.29, 0.717) is 11.7 Å². The molecule has 0 saturated heterocycles. The molecule has 2 aromatic heterocycles. The van der Waals surface area contributed by atoms with Crippen LogP contribution in [0.5, 0.6) is 0 Å². The predicted molar refractivity (Wildman–Crippen MR) is 150 cm³/mol. The molecule has 0 saturated carbocycles. The average molecular weight is 501 g/mol. The number of H-pyrrole nitrogens is 2. The van der Waals surface area contributed by atoms with Crippen molar-refractivity contribution in [2.75, 3.05) is 13.6 Å². The number of halogens is 1. The van der Waals surface area contributed by atoms with Crippen LogP contribution < -0.4 is 10.6 Å². The Bertz CT molecular complexity index is 1470. The molecule has 6 nitrogen and oxygen atoms in total. The van der Waals surface area contributed by atoms with Crippen LogP contribution in [0.25, 0.3) is 44.2 Å². The smallest absolute Gasteiger partial charge is 0.134 e. The number of aromatic nitrogens is 4. The molecule has 5 rings (SSSR count). The first kappa shape index (κ1) is 24.5. The van der Waals surface area contributed by atoms with Crippen molar-refractivity contribution in [1.29, 1.82) is 0 Å². The molecule has 36 heavy (non-hydrogen) atoms. The highest BCUT2D eigenvalue weighted by molar-refractivity contribution is 6.31. The van der Waals surface area contributed by atoms with Crippen molar-refractivity contribution >= 4 is 33.4 Å². The maximum absolute atomic E-state index is 6.45. The molecule has 2 heterocycles. The maximum atomic E-state index is 6.45. The predicted octanol–water partition coefficient (Wildman–Crippen LogP) is 6.99. The van der Waals surface area contributed by atoms with Crippen LogP contribution >= 0.6 is 11.6 Å². The first-order chi connectivity index (χ1) is 17.6. The molecule has 0 spiro atoms. The summed E-state index contributed by atoms with van der Waals surface area (Å²) in [6, 6.07) is 19.6. The lowest BCUT2D eigenvalue weighted by Crippen LogP contribution is -2.17. The SMILES string of the molecule is CCCNCc1nc(-c2ccc(-c3ccc4c(ccc5[nH]c([C@H](CCC)NC)nc54)c3)cc2)c(Cl)[nH]1. The van der Waals surface area contributed by atoms with Gasteiger partial charge in [0.25, 0.3) is 0 Å². The van der Waals surface area contributed by atoms with Crippen LogP contribution in [0.3, 0.4) is 0 Å². The fourth-order valence-electron chi connectivity index (χ4n) is 4.75. The third-order valence-corrected chi connectivity index (χ3v) is 6.94. The van der Waals surface area contributed by atoms with Crippen LogP contribution in [-0.4, -0.2) is 33.5 Å². The number of nitrogens with zero attached hydrogens (tertiary/aromatic N) is 2. The lowest BCUT2D eigenvalue weighted by atomic mass is 9.99. The summed E-state index contributed by atoms with van der Waals surface area (Å²) in [7, 11) is 1.99. The number of fused-ring (bicyclic) bond motifs is 3. The van der Waals surface area contributed by atoms with E-state index < -0.39 is 0 Å². The Labute approximate surface area is 216 Å². The zero-order valence-electron chi connectivity index (χ0n) is 21.1. The largest absolute Gasteiger partial charge is 0.341 e. The van der Waals surface area contributed by atoms with Gasteiger partial charge < -0.3 is 20.6 Å². The average Bonchev–Trinajstić information content (AvgIpc) is 3.50. The van der Waals surface area contributed by atoms with Gasteiger partial charge in [-0.15, -0.1) is 0 Å². The Kier molecular flexibility index (Phi) is 7.37. The molecular formula is C29H33ClN6. The second-order valence-corrected chi connectivity index (χ2v) is 9.63. The van der Waals surface area contributed by atoms with E-state index in [1.54, 1.807) is 0 Å². The lowest BCUT2D eigenvalue weighted by Gasteiger charge is -2.11. The minimum atomic E-state index is 0.238. The van der Waals surface area contributed by atoms with Crippen molar-refractivity contribution in [3.05, 3.63) is 71.4 Å². The topological polar surface area (TPSA) is 81.4 Å². The van der Waals surface area contributed by atoms with Crippen molar-refractivity contribution in [2.45, 2.75) is 45.7 Å². The molecular weight excluding hydrogens is 468 g/mol. The highest BCUT2D eigenvalue weighted by Gasteiger charge is 2.15. The zero-order chi connectivity index (χ0) is 25.1. The summed E-state index contributed by atoms with van der Waals surface area (Å²) in [5, 5.41) is 9.65. The Morgan fingerprint density at radius 2 is 1.67 bits per heavy atom. The summed E-state index contributed by atoms with van der Waals surface area (Å²) in [5.74, 6) is 1.86. The highest BCUT2D eigenvalue weighted by atomic mass is 35.5. The van der Waals surface area contributed by atoms with Gasteiger partial charge >= 0.3 is 0 Å². The van der Waals surface area contributed by atoms with Gasteiger partial charge in [0.1, 0.15) is 22.5 Å². The first-order valence-corrected chi connectivity index (χ1v) is 13.1. The molecule has 0 aliphatic heterocycles. The van der Waals surface area contributed by atoms with E-state index in [4.69, 9.17) is 21.6 Å². The van der Waals surface area contributed by atoms with Crippen molar-refractivity contribution in [2.24, 2.45) is 0 Å². The van der Waals surface area contributed by atoms with Crippen LogP contribution in [-0.2, 0) is 6.54 Å². The van der Waals surface area contributed by atoms with Gasteiger partial charge in [-0.2, -0.15) is 0 Å². The van der Waals surface area contributed by atoms with Crippen molar-refractivity contribution < 1.29 is 0 Å². The summed E-state index contributed by atoms with van der Waals surface area (Å²) >= 11 is 6.45. The van der Waals surface area contributed by atoms with Gasteiger partial charge in [0.05, 0.1) is 23.6 Å². The van der Waals surface area contributed by atoms with Crippen LogP contribution in [0.4, 0.5) is 0 Å². The zero-order valence-corrected chi connectivity index (χ0v) is 21.8. The van der Waals surface area contributed by atoms with E-state index >= 15 is 0 Å². The van der Waals surface area contributed by atoms with Crippen molar-refractivity contribution in [3.8, 4) is 22.4 Å². The standard InChI is InChI=1S/C29H33ClN6/c1-4-6-24(31-3)29-33-23-14-12-21-16-20(11-13-22(21)27(23)36-29)18-7-9-19(10-8-18)26-28(30)35-25(34-26)17-32-15-5-2/h7-14,16,24,31-32H,4-6,15,17H2,1-3H3,(H,33,36)(H,34,35)/t24-/m0/s1. The third-order valence-electron chi connectivity index (χ3n) is 6.66. The summed E-state index contributed by atoms with van der Waals surface area (Å²) in [5.41, 5.74) is 6.21. The van der Waals surface area contributed by atoms with E-state index in [2.05, 4.69) is 89.0 Å². The molecule has 7 heteroatoms. The van der Waals surface area contributed by atoms with Crippen LogP contribution in [0.15, 0.2) is 54.6 Å². The molecule has 1 atom stereocenters. The number of aromatic amines is 2. The first-order valence-electron chi connectivity index (χ1n) is 12.8. The van der Waals surface area contributed by atoms with Gasteiger partial charge in [-0.1, -0.05) is 74.3 Å². The summed E-state index contributed by atoms with van der Waals surface area (Å²) in [6.07, 6.45) is 3.24. The molecule has 0 bridgehead atoms. The van der Waals surface area contributed by atoms with Gasteiger partial charge in [-0.3, -0.25) is 0 Å². The number of imidazole rings is 2. The molecule has 0 unspecified atom stereocenters. The fourth-order valence-corrected chi connectivity index (χ4v) is 5.01. The van der Waals surface area contributed by atoms with E-state index in [1.165, 1.54) is 10.9 Å². The van der Waals surface area contributed by atoms with Gasteiger partial charge in [-0.25, -0.2) is 9.97 Å². The molecule has 0 radical (unpaired) electrons. The Hall–Kier alpha value is -3.19. The summed E-state index contributed by atoms with van der Waals surface area (Å²) in [6.45, 7) is 5.98. The molecule has 0 fully saturated rings. The number of hydrogen-bond acceptors (Lipinski definition) is 4. The normalized spacial score (nSPS) is 12.6. The van der Waals surface area contributed by atoms with Crippen LogP contribution in [0.1, 0.15) is 50.8 Å². The molecule has 3 aromatic carbocycles. The summed E-state index contributed by atoms with van der Waals surface area (Å²) in [4.78, 5) is 16.4. The monoisotopic (exact) mass is 500 g/mol. The molecule has 0 aliphatic carbocycles. The molecule has 5 aromatic rings. The van der Waals surface area contributed by atoms with Gasteiger partial charge in [0, 0.05) is 10.9 Å². The minimum absolute atomic E-state index is 0.238. The molecule has 186 valence electrons. The number of nitrogens with one attached hydrogen (secondary N) is 4. The Morgan fingerprint density at radius 1 is 0.889 bits per heavy atom. The fraction of sp³-hybridized carbons (Fsp3) is 0.310. The van der Waals surface area contributed by atoms with Gasteiger partial charge in [0.15, 0.2) is 0 Å². The molecule has 4 N–H and O–H groups in total. The van der Waals surface area contributed by atoms with E-state index in [0.717, 1.165) is 70.7 Å². The quantitative estimate of drug-likeness (QED) is 0.156. The Morgan fingerprint density at radius 3 is 2.42 bits per heavy atom. The van der Waals surface area contributed by atoms with Crippen molar-refractivity contribution in [1.82, 2.24) is 30.6 Å². The van der Waals surface area contributed by atoms with E-state index in [9.17, 15) is 0 Å². The molecule has 0 amide bonds. The van der Waals surface area contributed by atoms with Crippen LogP contribution in [0, 0.1) is 0 Å². The minimum Gasteiger partial charge on any atom is -0.341 e. The lowest BCUT2D eigenvalue weighted by molar-refractivity contribution is 0.519. The van der Waals surface area contributed by atoms with E-state index in [1.807, 2.05) is 7.05 Å². The van der Waals surface area contributed by atoms with Crippen molar-refractivity contribution in [3.63, 3.8) is 0 Å².